The van der Waals surface area contributed by atoms with Crippen LogP contribution in [0.4, 0.5) is 4.39 Å². The van der Waals surface area contributed by atoms with E-state index in [4.69, 9.17) is 15.9 Å². The van der Waals surface area contributed by atoms with Crippen molar-refractivity contribution in [2.45, 2.75) is 6.92 Å². The lowest BCUT2D eigenvalue weighted by molar-refractivity contribution is 0.473. The number of hydrogen-bond acceptors (Lipinski definition) is 2. The molecule has 5 heteroatoms. The van der Waals surface area contributed by atoms with E-state index < -0.39 is 0 Å². The average Bonchev–Trinajstić information content (AvgIpc) is 2.34. The Labute approximate surface area is 118 Å². The molecule has 2 rings (SSSR count). The third kappa shape index (κ3) is 3.12. The first-order valence-corrected chi connectivity index (χ1v) is 6.34. The summed E-state index contributed by atoms with van der Waals surface area (Å²) < 4.78 is 19.4. The predicted molar refractivity (Wildman–Crippen MR) is 76.4 cm³/mol. The van der Waals surface area contributed by atoms with Gasteiger partial charge in [0.2, 0.25) is 0 Å². The average molecular weight is 323 g/mol. The van der Waals surface area contributed by atoms with Gasteiger partial charge in [0, 0.05) is 5.56 Å². The Bertz CT molecular complexity index is 643. The van der Waals surface area contributed by atoms with E-state index >= 15 is 0 Å². The van der Waals surface area contributed by atoms with Crippen molar-refractivity contribution in [3.05, 3.63) is 57.8 Å². The van der Waals surface area contributed by atoms with Gasteiger partial charge in [-0.15, -0.1) is 0 Å². The fraction of sp³-hybridized carbons (Fsp3) is 0.0714. The highest BCUT2D eigenvalue weighted by molar-refractivity contribution is 9.10. The van der Waals surface area contributed by atoms with E-state index in [0.717, 1.165) is 0 Å². The maximum atomic E-state index is 13.0. The summed E-state index contributed by atoms with van der Waals surface area (Å²) in [6.07, 6.45) is 0. The molecular formula is C14H12BrFN2O. The molecule has 0 aliphatic rings. The molecule has 0 amide bonds. The van der Waals surface area contributed by atoms with E-state index in [0.29, 0.717) is 27.1 Å². The Balaban J connectivity index is 2.31. The highest BCUT2D eigenvalue weighted by Crippen LogP contribution is 2.32. The van der Waals surface area contributed by atoms with E-state index in [1.807, 2.05) is 0 Å². The number of amidine groups is 1. The van der Waals surface area contributed by atoms with Crippen LogP contribution in [0, 0.1) is 18.2 Å². The van der Waals surface area contributed by atoms with E-state index in [1.54, 1.807) is 31.2 Å². The second-order valence-electron chi connectivity index (χ2n) is 4.07. The number of nitrogen functional groups attached to an aromatic ring is 1. The zero-order valence-corrected chi connectivity index (χ0v) is 11.8. The van der Waals surface area contributed by atoms with Gasteiger partial charge in [-0.05, 0) is 64.8 Å². The summed E-state index contributed by atoms with van der Waals surface area (Å²) in [5.74, 6) is 0.860. The van der Waals surface area contributed by atoms with Crippen LogP contribution in [0.3, 0.4) is 0 Å². The summed E-state index contributed by atoms with van der Waals surface area (Å²) in [5, 5.41) is 7.36. The Hall–Kier alpha value is -1.88. The maximum Gasteiger partial charge on any atom is 0.141 e. The van der Waals surface area contributed by atoms with Gasteiger partial charge < -0.3 is 10.5 Å². The molecule has 0 heterocycles. The number of nitrogens with one attached hydrogen (secondary N) is 1. The van der Waals surface area contributed by atoms with Gasteiger partial charge in [0.25, 0.3) is 0 Å². The first-order valence-electron chi connectivity index (χ1n) is 5.55. The van der Waals surface area contributed by atoms with Crippen molar-refractivity contribution in [2.24, 2.45) is 5.73 Å². The van der Waals surface area contributed by atoms with Crippen LogP contribution in [-0.2, 0) is 0 Å². The molecule has 0 aliphatic carbocycles. The minimum absolute atomic E-state index is 0.00906. The third-order valence-electron chi connectivity index (χ3n) is 2.60. The van der Waals surface area contributed by atoms with Crippen LogP contribution >= 0.6 is 15.9 Å². The summed E-state index contributed by atoms with van der Waals surface area (Å²) >= 11 is 3.36. The summed E-state index contributed by atoms with van der Waals surface area (Å²) in [6.45, 7) is 1.77. The second-order valence-corrected chi connectivity index (χ2v) is 4.93. The molecule has 2 aromatic carbocycles. The summed E-state index contributed by atoms with van der Waals surface area (Å²) in [4.78, 5) is 0. The molecule has 0 aliphatic heterocycles. The zero-order valence-electron chi connectivity index (χ0n) is 10.2. The normalized spacial score (nSPS) is 10.3. The van der Waals surface area contributed by atoms with Crippen LogP contribution in [0.5, 0.6) is 11.5 Å². The van der Waals surface area contributed by atoms with E-state index in [2.05, 4.69) is 15.9 Å². The number of rotatable bonds is 3. The van der Waals surface area contributed by atoms with Crippen LogP contribution < -0.4 is 10.5 Å². The summed E-state index contributed by atoms with van der Waals surface area (Å²) in [7, 11) is 0. The zero-order chi connectivity index (χ0) is 14.0. The van der Waals surface area contributed by atoms with Crippen LogP contribution in [-0.4, -0.2) is 5.84 Å². The maximum absolute atomic E-state index is 13.0. The van der Waals surface area contributed by atoms with E-state index in [9.17, 15) is 4.39 Å². The molecule has 0 spiro atoms. The lowest BCUT2D eigenvalue weighted by Crippen LogP contribution is -2.10. The Morgan fingerprint density at radius 3 is 2.47 bits per heavy atom. The predicted octanol–water partition coefficient (Wildman–Crippen LogP) is 3.97. The van der Waals surface area contributed by atoms with Crippen LogP contribution in [0.25, 0.3) is 0 Å². The van der Waals surface area contributed by atoms with Gasteiger partial charge >= 0.3 is 0 Å². The molecule has 3 N–H and O–H groups in total. The highest BCUT2D eigenvalue weighted by Gasteiger charge is 2.08. The van der Waals surface area contributed by atoms with Crippen molar-refractivity contribution in [1.29, 1.82) is 5.41 Å². The summed E-state index contributed by atoms with van der Waals surface area (Å²) in [6, 6.07) is 9.45. The van der Waals surface area contributed by atoms with Crippen LogP contribution in [0.15, 0.2) is 40.9 Å². The van der Waals surface area contributed by atoms with Crippen molar-refractivity contribution in [3.63, 3.8) is 0 Å². The lowest BCUT2D eigenvalue weighted by Gasteiger charge is -2.11. The third-order valence-corrected chi connectivity index (χ3v) is 3.22. The number of aryl methyl sites for hydroxylation is 1. The molecule has 0 saturated heterocycles. The first kappa shape index (κ1) is 13.5. The number of ether oxygens (including phenoxy) is 1. The van der Waals surface area contributed by atoms with Crippen molar-refractivity contribution in [1.82, 2.24) is 0 Å². The molecule has 0 atom stereocenters. The van der Waals surface area contributed by atoms with Gasteiger partial charge in [-0.25, -0.2) is 4.39 Å². The Kier molecular flexibility index (Phi) is 3.85. The minimum Gasteiger partial charge on any atom is -0.456 e. The van der Waals surface area contributed by atoms with Crippen molar-refractivity contribution in [3.8, 4) is 11.5 Å². The number of benzene rings is 2. The lowest BCUT2D eigenvalue weighted by atomic mass is 10.2. The SMILES string of the molecule is Cc1cc(F)ccc1Oc1ccc(C(=N)N)cc1Br. The molecule has 2 aromatic rings. The van der Waals surface area contributed by atoms with Crippen LogP contribution in [0.2, 0.25) is 0 Å². The van der Waals surface area contributed by atoms with Crippen molar-refractivity contribution in [2.75, 3.05) is 0 Å². The Morgan fingerprint density at radius 1 is 1.21 bits per heavy atom. The monoisotopic (exact) mass is 322 g/mol. The fourth-order valence-corrected chi connectivity index (χ4v) is 2.06. The molecule has 19 heavy (non-hydrogen) atoms. The smallest absolute Gasteiger partial charge is 0.141 e. The van der Waals surface area contributed by atoms with Crippen molar-refractivity contribution < 1.29 is 9.13 Å². The van der Waals surface area contributed by atoms with Crippen LogP contribution in [0.1, 0.15) is 11.1 Å². The first-order chi connectivity index (χ1) is 8.97. The molecule has 0 bridgehead atoms. The quantitative estimate of drug-likeness (QED) is 0.663. The second kappa shape index (κ2) is 5.40. The molecule has 0 fully saturated rings. The van der Waals surface area contributed by atoms with Crippen molar-refractivity contribution >= 4 is 21.8 Å². The number of nitrogens with two attached hydrogens (primary N) is 1. The molecule has 0 saturated carbocycles. The van der Waals surface area contributed by atoms with E-state index in [-0.39, 0.29) is 11.7 Å². The molecule has 0 aromatic heterocycles. The number of hydrogen-bond donors (Lipinski definition) is 2. The molecule has 3 nitrogen and oxygen atoms in total. The van der Waals surface area contributed by atoms with Gasteiger partial charge in [-0.2, -0.15) is 0 Å². The minimum atomic E-state index is -0.296. The van der Waals surface area contributed by atoms with Gasteiger partial charge in [-0.3, -0.25) is 5.41 Å². The topological polar surface area (TPSA) is 59.1 Å². The van der Waals surface area contributed by atoms with Gasteiger partial charge in [-0.1, -0.05) is 0 Å². The fourth-order valence-electron chi connectivity index (χ4n) is 1.60. The number of halogens is 2. The van der Waals surface area contributed by atoms with Gasteiger partial charge in [0.05, 0.1) is 4.47 Å². The molecule has 98 valence electrons. The Morgan fingerprint density at radius 2 is 1.89 bits per heavy atom. The largest absolute Gasteiger partial charge is 0.456 e. The molecule has 0 radical (unpaired) electrons. The van der Waals surface area contributed by atoms with Gasteiger partial charge in [0.1, 0.15) is 23.2 Å². The highest BCUT2D eigenvalue weighted by atomic mass is 79.9. The standard InChI is InChI=1S/C14H12BrFN2O/c1-8-6-10(16)3-5-12(8)19-13-4-2-9(14(17)18)7-11(13)15/h2-7H,1H3,(H3,17,18). The molecular weight excluding hydrogens is 311 g/mol. The summed E-state index contributed by atoms with van der Waals surface area (Å²) in [5.41, 5.74) is 6.72. The van der Waals surface area contributed by atoms with E-state index in [1.165, 1.54) is 12.1 Å². The van der Waals surface area contributed by atoms with Gasteiger partial charge in [0.15, 0.2) is 0 Å². The molecule has 0 unspecified atom stereocenters.